The molecule has 2 aromatic heterocycles. The lowest BCUT2D eigenvalue weighted by molar-refractivity contribution is 0.310. The highest BCUT2D eigenvalue weighted by atomic mass is 16.5. The van der Waals surface area contributed by atoms with Crippen LogP contribution >= 0.6 is 0 Å². The van der Waals surface area contributed by atoms with Crippen molar-refractivity contribution in [1.29, 1.82) is 0 Å². The van der Waals surface area contributed by atoms with Gasteiger partial charge in [0, 0.05) is 29.9 Å². The maximum atomic E-state index is 5.41. The van der Waals surface area contributed by atoms with E-state index in [2.05, 4.69) is 41.4 Å². The summed E-state index contributed by atoms with van der Waals surface area (Å²) in [5, 5.41) is 4.56. The van der Waals surface area contributed by atoms with Crippen molar-refractivity contribution in [2.24, 2.45) is 0 Å². The molecule has 0 aliphatic heterocycles. The van der Waals surface area contributed by atoms with Gasteiger partial charge in [-0.3, -0.25) is 4.98 Å². The quantitative estimate of drug-likeness (QED) is 0.496. The summed E-state index contributed by atoms with van der Waals surface area (Å²) in [6.45, 7) is 0.691. The molecule has 0 aliphatic rings. The van der Waals surface area contributed by atoms with E-state index in [1.165, 1.54) is 5.56 Å². The molecule has 6 nitrogen and oxygen atoms in total. The van der Waals surface area contributed by atoms with Gasteiger partial charge in [0.05, 0.1) is 18.7 Å². The molecule has 0 saturated carbocycles. The van der Waals surface area contributed by atoms with Crippen molar-refractivity contribution in [2.75, 3.05) is 33.1 Å². The molecule has 1 N–H and O–H groups in total. The van der Waals surface area contributed by atoms with Gasteiger partial charge in [0.2, 0.25) is 0 Å². The van der Waals surface area contributed by atoms with Gasteiger partial charge in [-0.1, -0.05) is 24.3 Å². The first-order valence-electron chi connectivity index (χ1n) is 9.87. The fourth-order valence-corrected chi connectivity index (χ4v) is 3.48. The molecular formula is C24H25N5O. The standard InChI is InChI=1S/C24H25N5O/c1-29(2)22(18-7-6-8-19(15-18)30-3)16-26-24-20-9-4-5-10-21(20)27-23(28-24)17-11-13-25-14-12-17/h4-15,22H,16H2,1-3H3,(H,26,27,28)/t22-/m1/s1. The van der Waals surface area contributed by atoms with Gasteiger partial charge in [-0.2, -0.15) is 0 Å². The molecule has 152 valence electrons. The van der Waals surface area contributed by atoms with Gasteiger partial charge < -0.3 is 15.0 Å². The molecule has 0 spiro atoms. The van der Waals surface area contributed by atoms with Gasteiger partial charge in [0.15, 0.2) is 5.82 Å². The van der Waals surface area contributed by atoms with Crippen LogP contribution in [0.15, 0.2) is 73.1 Å². The molecule has 0 radical (unpaired) electrons. The number of hydrogen-bond acceptors (Lipinski definition) is 6. The van der Waals surface area contributed by atoms with Crippen molar-refractivity contribution in [2.45, 2.75) is 6.04 Å². The molecule has 2 aromatic carbocycles. The third-order valence-electron chi connectivity index (χ3n) is 5.11. The number of methoxy groups -OCH3 is 1. The molecule has 30 heavy (non-hydrogen) atoms. The second-order valence-electron chi connectivity index (χ2n) is 7.29. The zero-order valence-electron chi connectivity index (χ0n) is 17.4. The summed E-state index contributed by atoms with van der Waals surface area (Å²) >= 11 is 0. The molecule has 4 rings (SSSR count). The molecule has 4 aromatic rings. The van der Waals surface area contributed by atoms with E-state index in [0.29, 0.717) is 12.4 Å². The van der Waals surface area contributed by atoms with E-state index in [9.17, 15) is 0 Å². The first-order valence-corrected chi connectivity index (χ1v) is 9.87. The highest BCUT2D eigenvalue weighted by Gasteiger charge is 2.16. The molecule has 2 heterocycles. The minimum absolute atomic E-state index is 0.151. The Morgan fingerprint density at radius 2 is 1.77 bits per heavy atom. The Bertz CT molecular complexity index is 1130. The monoisotopic (exact) mass is 399 g/mol. The highest BCUT2D eigenvalue weighted by Crippen LogP contribution is 2.27. The number of likely N-dealkylation sites (N-methyl/N-ethyl adjacent to an activating group) is 1. The number of nitrogens with one attached hydrogen (secondary N) is 1. The molecule has 0 amide bonds. The van der Waals surface area contributed by atoms with Gasteiger partial charge >= 0.3 is 0 Å². The van der Waals surface area contributed by atoms with Crippen molar-refractivity contribution < 1.29 is 4.74 Å². The largest absolute Gasteiger partial charge is 0.497 e. The average molecular weight is 399 g/mol. The van der Waals surface area contributed by atoms with E-state index in [1.54, 1.807) is 19.5 Å². The molecule has 0 unspecified atom stereocenters. The molecule has 0 aliphatic carbocycles. The smallest absolute Gasteiger partial charge is 0.162 e. The number of para-hydroxylation sites is 1. The normalized spacial score (nSPS) is 12.1. The number of rotatable bonds is 7. The van der Waals surface area contributed by atoms with Crippen LogP contribution in [0.5, 0.6) is 5.75 Å². The number of anilines is 1. The fourth-order valence-electron chi connectivity index (χ4n) is 3.48. The average Bonchev–Trinajstić information content (AvgIpc) is 2.79. The van der Waals surface area contributed by atoms with E-state index in [1.807, 2.05) is 48.5 Å². The molecule has 0 saturated heterocycles. The number of pyridine rings is 1. The second-order valence-corrected chi connectivity index (χ2v) is 7.29. The van der Waals surface area contributed by atoms with Crippen molar-refractivity contribution in [3.63, 3.8) is 0 Å². The van der Waals surface area contributed by atoms with Crippen molar-refractivity contribution in [1.82, 2.24) is 19.9 Å². The summed E-state index contributed by atoms with van der Waals surface area (Å²) in [7, 11) is 5.84. The molecule has 0 bridgehead atoms. The van der Waals surface area contributed by atoms with Gasteiger partial charge in [0.1, 0.15) is 11.6 Å². The van der Waals surface area contributed by atoms with Gasteiger partial charge in [-0.15, -0.1) is 0 Å². The Morgan fingerprint density at radius 1 is 0.967 bits per heavy atom. The van der Waals surface area contributed by atoms with Crippen LogP contribution in [0.1, 0.15) is 11.6 Å². The Morgan fingerprint density at radius 3 is 2.53 bits per heavy atom. The summed E-state index contributed by atoms with van der Waals surface area (Å²) in [5.41, 5.74) is 3.03. The number of benzene rings is 2. The molecule has 1 atom stereocenters. The first-order chi connectivity index (χ1) is 14.7. The summed E-state index contributed by atoms with van der Waals surface area (Å²) in [4.78, 5) is 15.9. The summed E-state index contributed by atoms with van der Waals surface area (Å²) in [6.07, 6.45) is 3.51. The maximum Gasteiger partial charge on any atom is 0.162 e. The lowest BCUT2D eigenvalue weighted by Gasteiger charge is -2.26. The Balaban J connectivity index is 1.68. The van der Waals surface area contributed by atoms with Gasteiger partial charge in [-0.25, -0.2) is 9.97 Å². The van der Waals surface area contributed by atoms with Crippen LogP contribution in [-0.4, -0.2) is 47.6 Å². The third kappa shape index (κ3) is 4.23. The zero-order valence-corrected chi connectivity index (χ0v) is 17.4. The molecule has 0 fully saturated rings. The Hall–Kier alpha value is -3.51. The van der Waals surface area contributed by atoms with Crippen molar-refractivity contribution in [3.05, 3.63) is 78.6 Å². The second kappa shape index (κ2) is 8.88. The van der Waals surface area contributed by atoms with Gasteiger partial charge in [0.25, 0.3) is 0 Å². The van der Waals surface area contributed by atoms with Crippen LogP contribution in [-0.2, 0) is 0 Å². The molecule has 6 heteroatoms. The number of aromatic nitrogens is 3. The number of nitrogens with zero attached hydrogens (tertiary/aromatic N) is 4. The van der Waals surface area contributed by atoms with Crippen LogP contribution in [0.4, 0.5) is 5.82 Å². The van der Waals surface area contributed by atoms with Crippen LogP contribution in [0.25, 0.3) is 22.3 Å². The van der Waals surface area contributed by atoms with Crippen molar-refractivity contribution in [3.8, 4) is 17.1 Å². The lowest BCUT2D eigenvalue weighted by Crippen LogP contribution is -2.27. The highest BCUT2D eigenvalue weighted by molar-refractivity contribution is 5.90. The SMILES string of the molecule is COc1cccc([C@@H](CNc2nc(-c3ccncc3)nc3ccccc23)N(C)C)c1. The Kier molecular flexibility index (Phi) is 5.86. The fraction of sp³-hybridized carbons (Fsp3) is 0.208. The minimum atomic E-state index is 0.151. The van der Waals surface area contributed by atoms with E-state index >= 15 is 0 Å². The number of hydrogen-bond donors (Lipinski definition) is 1. The minimum Gasteiger partial charge on any atom is -0.497 e. The lowest BCUT2D eigenvalue weighted by atomic mass is 10.1. The van der Waals surface area contributed by atoms with E-state index in [4.69, 9.17) is 14.7 Å². The molecular weight excluding hydrogens is 374 g/mol. The predicted octanol–water partition coefficient (Wildman–Crippen LogP) is 4.42. The predicted molar refractivity (Wildman–Crippen MR) is 121 cm³/mol. The van der Waals surface area contributed by atoms with Crippen LogP contribution in [0.2, 0.25) is 0 Å². The van der Waals surface area contributed by atoms with E-state index < -0.39 is 0 Å². The summed E-state index contributed by atoms with van der Waals surface area (Å²) in [5.74, 6) is 2.36. The first kappa shape index (κ1) is 19.8. The van der Waals surface area contributed by atoms with E-state index in [0.717, 1.165) is 28.0 Å². The maximum absolute atomic E-state index is 5.41. The van der Waals surface area contributed by atoms with Crippen LogP contribution < -0.4 is 10.1 Å². The van der Waals surface area contributed by atoms with Gasteiger partial charge in [-0.05, 0) is 56.1 Å². The number of fused-ring (bicyclic) bond motifs is 1. The third-order valence-corrected chi connectivity index (χ3v) is 5.11. The summed E-state index contributed by atoms with van der Waals surface area (Å²) < 4.78 is 5.41. The van der Waals surface area contributed by atoms with Crippen LogP contribution in [0.3, 0.4) is 0 Å². The van der Waals surface area contributed by atoms with Crippen molar-refractivity contribution >= 4 is 16.7 Å². The van der Waals surface area contributed by atoms with Crippen LogP contribution in [0, 0.1) is 0 Å². The Labute approximate surface area is 176 Å². The topological polar surface area (TPSA) is 63.2 Å². The zero-order chi connectivity index (χ0) is 20.9. The van der Waals surface area contributed by atoms with E-state index in [-0.39, 0.29) is 6.04 Å². The summed E-state index contributed by atoms with van der Waals surface area (Å²) in [6, 6.07) is 20.2. The number of ether oxygens (including phenoxy) is 1.